The van der Waals surface area contributed by atoms with Gasteiger partial charge in [-0.05, 0) is 25.5 Å². The van der Waals surface area contributed by atoms with Gasteiger partial charge in [-0.3, -0.25) is 4.79 Å². The van der Waals surface area contributed by atoms with Crippen LogP contribution in [0.25, 0.3) is 0 Å². The lowest BCUT2D eigenvalue weighted by molar-refractivity contribution is -0.136. The first-order valence-electron chi connectivity index (χ1n) is 4.08. The largest absolute Gasteiger partial charge is 0.481 e. The van der Waals surface area contributed by atoms with Crippen molar-refractivity contribution in [1.82, 2.24) is 4.57 Å². The number of aromatic nitrogens is 1. The van der Waals surface area contributed by atoms with Gasteiger partial charge in [0.15, 0.2) is 0 Å². The van der Waals surface area contributed by atoms with Gasteiger partial charge in [-0.25, -0.2) is 0 Å². The number of hydrogen-bond acceptors (Lipinski definition) is 1. The van der Waals surface area contributed by atoms with Crippen molar-refractivity contribution in [3.63, 3.8) is 0 Å². The van der Waals surface area contributed by atoms with E-state index < -0.39 is 5.97 Å². The van der Waals surface area contributed by atoms with Gasteiger partial charge in [0, 0.05) is 12.2 Å². The van der Waals surface area contributed by atoms with Crippen LogP contribution in [0.4, 0.5) is 0 Å². The van der Waals surface area contributed by atoms with Crippen molar-refractivity contribution < 1.29 is 9.90 Å². The number of hydrogen-bond donors (Lipinski definition) is 1. The van der Waals surface area contributed by atoms with E-state index in [1.165, 1.54) is 0 Å². The summed E-state index contributed by atoms with van der Waals surface area (Å²) in [6, 6.07) is 1.95. The standard InChI is InChI=1S/C9H12ClNO2/c1-6(2)11-5-7(3-8(11)10)4-9(12)13/h3,5-6H,4H2,1-2H3,(H,12,13). The number of halogens is 1. The average molecular weight is 202 g/mol. The zero-order valence-electron chi connectivity index (χ0n) is 7.62. The molecule has 0 bridgehead atoms. The minimum atomic E-state index is -0.836. The molecule has 0 saturated heterocycles. The molecule has 0 unspecified atom stereocenters. The number of rotatable bonds is 3. The van der Waals surface area contributed by atoms with Crippen LogP contribution in [0.15, 0.2) is 12.3 Å². The van der Waals surface area contributed by atoms with Gasteiger partial charge in [0.25, 0.3) is 0 Å². The molecular weight excluding hydrogens is 190 g/mol. The molecule has 0 fully saturated rings. The first-order valence-corrected chi connectivity index (χ1v) is 4.46. The van der Waals surface area contributed by atoms with Crippen LogP contribution in [-0.2, 0) is 11.2 Å². The molecule has 4 heteroatoms. The average Bonchev–Trinajstić information content (AvgIpc) is 2.29. The van der Waals surface area contributed by atoms with Crippen molar-refractivity contribution >= 4 is 17.6 Å². The van der Waals surface area contributed by atoms with Crippen molar-refractivity contribution in [3.8, 4) is 0 Å². The van der Waals surface area contributed by atoms with E-state index in [9.17, 15) is 4.79 Å². The van der Waals surface area contributed by atoms with Crippen molar-refractivity contribution in [3.05, 3.63) is 23.0 Å². The Balaban J connectivity index is 2.88. The first kappa shape index (κ1) is 10.1. The monoisotopic (exact) mass is 201 g/mol. The smallest absolute Gasteiger partial charge is 0.307 e. The molecule has 0 amide bonds. The SMILES string of the molecule is CC(C)n1cc(CC(=O)O)cc1Cl. The van der Waals surface area contributed by atoms with E-state index in [0.717, 1.165) is 5.56 Å². The summed E-state index contributed by atoms with van der Waals surface area (Å²) in [5.41, 5.74) is 0.742. The Kier molecular flexibility index (Phi) is 2.98. The van der Waals surface area contributed by atoms with Crippen LogP contribution in [-0.4, -0.2) is 15.6 Å². The fraction of sp³-hybridized carbons (Fsp3) is 0.444. The first-order chi connectivity index (χ1) is 6.00. The maximum absolute atomic E-state index is 10.4. The van der Waals surface area contributed by atoms with Crippen molar-refractivity contribution in [2.45, 2.75) is 26.3 Å². The van der Waals surface area contributed by atoms with E-state index in [0.29, 0.717) is 5.15 Å². The van der Waals surface area contributed by atoms with Gasteiger partial charge < -0.3 is 9.67 Å². The Hall–Kier alpha value is -0.960. The highest BCUT2D eigenvalue weighted by atomic mass is 35.5. The maximum atomic E-state index is 10.4. The lowest BCUT2D eigenvalue weighted by Crippen LogP contribution is -2.00. The molecule has 1 heterocycles. The summed E-state index contributed by atoms with van der Waals surface area (Å²) >= 11 is 5.89. The molecule has 0 radical (unpaired) electrons. The summed E-state index contributed by atoms with van der Waals surface area (Å²) in [6.07, 6.45) is 1.81. The second-order valence-electron chi connectivity index (χ2n) is 3.24. The third-order valence-electron chi connectivity index (χ3n) is 1.77. The maximum Gasteiger partial charge on any atom is 0.307 e. The number of aliphatic carboxylic acids is 1. The highest BCUT2D eigenvalue weighted by Crippen LogP contribution is 2.19. The molecule has 0 spiro atoms. The fourth-order valence-electron chi connectivity index (χ4n) is 1.17. The van der Waals surface area contributed by atoms with E-state index in [1.54, 1.807) is 12.3 Å². The molecule has 0 aliphatic rings. The predicted octanol–water partition coefficient (Wildman–Crippen LogP) is 2.35. The van der Waals surface area contributed by atoms with E-state index in [2.05, 4.69) is 0 Å². The molecule has 1 aromatic heterocycles. The highest BCUT2D eigenvalue weighted by Gasteiger charge is 2.08. The van der Waals surface area contributed by atoms with Crippen molar-refractivity contribution in [1.29, 1.82) is 0 Å². The van der Waals surface area contributed by atoms with Gasteiger partial charge in [-0.15, -0.1) is 0 Å². The molecule has 0 saturated carbocycles. The van der Waals surface area contributed by atoms with Crippen LogP contribution in [0.3, 0.4) is 0 Å². The normalized spacial score (nSPS) is 10.8. The van der Waals surface area contributed by atoms with E-state index >= 15 is 0 Å². The number of carboxylic acid groups (broad SMARTS) is 1. The van der Waals surface area contributed by atoms with Gasteiger partial charge >= 0.3 is 5.97 Å². The Morgan fingerprint density at radius 1 is 1.69 bits per heavy atom. The van der Waals surface area contributed by atoms with Crippen molar-refractivity contribution in [2.75, 3.05) is 0 Å². The molecule has 0 aliphatic heterocycles. The predicted molar refractivity (Wildman–Crippen MR) is 51.2 cm³/mol. The van der Waals surface area contributed by atoms with E-state index in [4.69, 9.17) is 16.7 Å². The fourth-order valence-corrected chi connectivity index (χ4v) is 1.56. The minimum Gasteiger partial charge on any atom is -0.481 e. The van der Waals surface area contributed by atoms with E-state index in [1.807, 2.05) is 18.4 Å². The van der Waals surface area contributed by atoms with Crippen LogP contribution in [0.5, 0.6) is 0 Å². The quantitative estimate of drug-likeness (QED) is 0.816. The Morgan fingerprint density at radius 3 is 2.69 bits per heavy atom. The second-order valence-corrected chi connectivity index (χ2v) is 3.63. The number of carboxylic acids is 1. The van der Waals surface area contributed by atoms with Crippen LogP contribution < -0.4 is 0 Å². The molecule has 0 aliphatic carbocycles. The van der Waals surface area contributed by atoms with Crippen LogP contribution in [0, 0.1) is 0 Å². The molecule has 72 valence electrons. The van der Waals surface area contributed by atoms with Crippen LogP contribution >= 0.6 is 11.6 Å². The number of nitrogens with zero attached hydrogens (tertiary/aromatic N) is 1. The Bertz CT molecular complexity index is 317. The minimum absolute atomic E-state index is 0.0272. The summed E-state index contributed by atoms with van der Waals surface area (Å²) in [5, 5.41) is 9.14. The highest BCUT2D eigenvalue weighted by molar-refractivity contribution is 6.29. The van der Waals surface area contributed by atoms with Gasteiger partial charge in [0.2, 0.25) is 0 Å². The second kappa shape index (κ2) is 3.83. The molecular formula is C9H12ClNO2. The molecule has 3 nitrogen and oxygen atoms in total. The summed E-state index contributed by atoms with van der Waals surface area (Å²) in [6.45, 7) is 3.99. The zero-order valence-corrected chi connectivity index (χ0v) is 8.38. The molecule has 1 N–H and O–H groups in total. The lowest BCUT2D eigenvalue weighted by atomic mass is 10.2. The summed E-state index contributed by atoms with van der Waals surface area (Å²) in [4.78, 5) is 10.4. The molecule has 13 heavy (non-hydrogen) atoms. The summed E-state index contributed by atoms with van der Waals surface area (Å²) in [7, 11) is 0. The third kappa shape index (κ3) is 2.49. The lowest BCUT2D eigenvalue weighted by Gasteiger charge is -2.07. The van der Waals surface area contributed by atoms with E-state index in [-0.39, 0.29) is 12.5 Å². The van der Waals surface area contributed by atoms with Gasteiger partial charge in [0.1, 0.15) is 5.15 Å². The summed E-state index contributed by atoms with van der Waals surface area (Å²) in [5.74, 6) is -0.836. The molecule has 1 rings (SSSR count). The van der Waals surface area contributed by atoms with Gasteiger partial charge in [-0.2, -0.15) is 0 Å². The number of carbonyl (C=O) groups is 1. The third-order valence-corrected chi connectivity index (χ3v) is 2.07. The van der Waals surface area contributed by atoms with Crippen LogP contribution in [0.2, 0.25) is 5.15 Å². The molecule has 1 aromatic rings. The van der Waals surface area contributed by atoms with Gasteiger partial charge in [0.05, 0.1) is 6.42 Å². The molecule has 0 aromatic carbocycles. The molecule has 0 atom stereocenters. The van der Waals surface area contributed by atoms with Gasteiger partial charge in [-0.1, -0.05) is 11.6 Å². The topological polar surface area (TPSA) is 42.2 Å². The van der Waals surface area contributed by atoms with Crippen molar-refractivity contribution in [2.24, 2.45) is 0 Å². The Morgan fingerprint density at radius 2 is 2.31 bits per heavy atom. The Labute approximate surface area is 81.9 Å². The summed E-state index contributed by atoms with van der Waals surface area (Å²) < 4.78 is 1.85. The zero-order chi connectivity index (χ0) is 10.0. The van der Waals surface area contributed by atoms with Crippen LogP contribution in [0.1, 0.15) is 25.5 Å².